The summed E-state index contributed by atoms with van der Waals surface area (Å²) in [6.45, 7) is 1.97. The molecule has 9 nitrogen and oxygen atoms in total. The van der Waals surface area contributed by atoms with E-state index in [0.29, 0.717) is 28.0 Å². The molecule has 3 aromatic carbocycles. The number of ether oxygens (including phenoxy) is 1. The van der Waals surface area contributed by atoms with Gasteiger partial charge in [-0.3, -0.25) is 9.48 Å². The van der Waals surface area contributed by atoms with Crippen molar-refractivity contribution in [1.29, 1.82) is 0 Å². The molecule has 1 unspecified atom stereocenters. The van der Waals surface area contributed by atoms with Crippen LogP contribution in [0.5, 0.6) is 5.75 Å². The highest BCUT2D eigenvalue weighted by Gasteiger charge is 2.22. The van der Waals surface area contributed by atoms with Crippen molar-refractivity contribution in [3.63, 3.8) is 0 Å². The molecule has 0 aliphatic rings. The Balaban J connectivity index is 1.29. The summed E-state index contributed by atoms with van der Waals surface area (Å²) in [5, 5.41) is 25.0. The monoisotopic (exact) mass is 488 g/mol. The van der Waals surface area contributed by atoms with E-state index in [1.807, 2.05) is 86.8 Å². The number of fused-ring (bicyclic) bond motifs is 1. The maximum absolute atomic E-state index is 13.3. The third-order valence-corrected chi connectivity index (χ3v) is 6.81. The van der Waals surface area contributed by atoms with E-state index < -0.39 is 6.10 Å². The van der Waals surface area contributed by atoms with Crippen LogP contribution in [0.2, 0.25) is 0 Å². The summed E-state index contributed by atoms with van der Waals surface area (Å²) >= 11 is 1.26. The van der Waals surface area contributed by atoms with Crippen LogP contribution in [0.4, 0.5) is 0 Å². The van der Waals surface area contributed by atoms with Crippen LogP contribution < -0.4 is 10.3 Å². The normalized spacial score (nSPS) is 12.2. The Morgan fingerprint density at radius 2 is 1.77 bits per heavy atom. The molecular formula is C25H24N6O3S. The number of tetrazole rings is 1. The van der Waals surface area contributed by atoms with Crippen LogP contribution in [0.15, 0.2) is 82.7 Å². The molecule has 35 heavy (non-hydrogen) atoms. The summed E-state index contributed by atoms with van der Waals surface area (Å²) in [5.74, 6) is 0.992. The molecule has 1 N–H and O–H groups in total. The Labute approximate surface area is 205 Å². The van der Waals surface area contributed by atoms with Gasteiger partial charge in [-0.1, -0.05) is 60.3 Å². The van der Waals surface area contributed by atoms with Crippen molar-refractivity contribution in [2.24, 2.45) is 7.05 Å². The average Bonchev–Trinajstić information content (AvgIpc) is 3.43. The molecular weight excluding hydrogens is 464 g/mol. The Bertz CT molecular complexity index is 1530. The van der Waals surface area contributed by atoms with Crippen molar-refractivity contribution in [1.82, 2.24) is 29.6 Å². The molecule has 0 fully saturated rings. The Morgan fingerprint density at radius 3 is 2.57 bits per heavy atom. The molecule has 0 saturated heterocycles. The lowest BCUT2D eigenvalue weighted by Crippen LogP contribution is -2.22. The molecule has 178 valence electrons. The summed E-state index contributed by atoms with van der Waals surface area (Å²) < 4.78 is 10.6. The number of aliphatic hydroxyl groups excluding tert-OH is 1. The van der Waals surface area contributed by atoms with Gasteiger partial charge in [-0.15, -0.1) is 5.10 Å². The maximum Gasteiger partial charge on any atom is 0.297 e. The number of benzene rings is 3. The zero-order valence-corrected chi connectivity index (χ0v) is 20.1. The molecule has 0 spiro atoms. The quantitative estimate of drug-likeness (QED) is 0.335. The summed E-state index contributed by atoms with van der Waals surface area (Å²) in [4.78, 5) is 13.3. The van der Waals surface area contributed by atoms with E-state index >= 15 is 0 Å². The SMILES string of the molecule is Cc1c(-n2nnnc2SCC(O)COc2ccc3ccccc3c2)c(=O)n(-c2ccccc2)n1C. The molecule has 2 heterocycles. The summed E-state index contributed by atoms with van der Waals surface area (Å²) in [6, 6.07) is 23.2. The van der Waals surface area contributed by atoms with Crippen molar-refractivity contribution in [2.75, 3.05) is 12.4 Å². The van der Waals surface area contributed by atoms with Crippen LogP contribution in [-0.4, -0.2) is 53.1 Å². The molecule has 0 radical (unpaired) electrons. The standard InChI is InChI=1S/C25H24N6O3S/c1-17-23(24(33)31(29(17)2)20-10-4-3-5-11-20)30-25(26-27-28-30)35-16-21(32)15-34-22-13-12-18-8-6-7-9-19(18)14-22/h3-14,21,32H,15-16H2,1-2H3. The van der Waals surface area contributed by atoms with Crippen molar-refractivity contribution < 1.29 is 9.84 Å². The van der Waals surface area contributed by atoms with Crippen molar-refractivity contribution >= 4 is 22.5 Å². The van der Waals surface area contributed by atoms with E-state index in [0.717, 1.165) is 16.5 Å². The largest absolute Gasteiger partial charge is 0.491 e. The van der Waals surface area contributed by atoms with E-state index in [1.54, 1.807) is 9.36 Å². The first-order valence-electron chi connectivity index (χ1n) is 11.1. The third kappa shape index (κ3) is 4.58. The Kier molecular flexibility index (Phi) is 6.39. The lowest BCUT2D eigenvalue weighted by Gasteiger charge is -2.12. The number of thioether (sulfide) groups is 1. The third-order valence-electron chi connectivity index (χ3n) is 5.74. The second-order valence-electron chi connectivity index (χ2n) is 8.07. The zero-order chi connectivity index (χ0) is 24.4. The minimum absolute atomic E-state index is 0.123. The zero-order valence-electron chi connectivity index (χ0n) is 19.3. The van der Waals surface area contributed by atoms with Crippen LogP contribution in [0.25, 0.3) is 22.1 Å². The number of hydrogen-bond donors (Lipinski definition) is 1. The predicted octanol–water partition coefficient (Wildman–Crippen LogP) is 3.15. The van der Waals surface area contributed by atoms with Gasteiger partial charge in [-0.05, 0) is 52.4 Å². The molecule has 0 aliphatic heterocycles. The van der Waals surface area contributed by atoms with E-state index in [4.69, 9.17) is 4.74 Å². The highest BCUT2D eigenvalue weighted by molar-refractivity contribution is 7.99. The molecule has 5 rings (SSSR count). The van der Waals surface area contributed by atoms with Gasteiger partial charge in [0.25, 0.3) is 5.56 Å². The number of aromatic nitrogens is 6. The molecule has 0 aliphatic carbocycles. The number of para-hydroxylation sites is 1. The second-order valence-corrected chi connectivity index (χ2v) is 9.06. The van der Waals surface area contributed by atoms with Crippen molar-refractivity contribution in [2.45, 2.75) is 18.2 Å². The molecule has 5 aromatic rings. The summed E-state index contributed by atoms with van der Waals surface area (Å²) in [5.41, 5.74) is 1.60. The second kappa shape index (κ2) is 9.77. The lowest BCUT2D eigenvalue weighted by atomic mass is 10.1. The van der Waals surface area contributed by atoms with Gasteiger partial charge in [0.2, 0.25) is 5.16 Å². The van der Waals surface area contributed by atoms with Crippen molar-refractivity contribution in [3.05, 3.63) is 88.8 Å². The fourth-order valence-electron chi connectivity index (χ4n) is 3.88. The first-order valence-corrected chi connectivity index (χ1v) is 12.1. The molecule has 0 amide bonds. The first-order chi connectivity index (χ1) is 17.0. The number of aliphatic hydroxyl groups is 1. The van der Waals surface area contributed by atoms with E-state index in [2.05, 4.69) is 15.5 Å². The Morgan fingerprint density at radius 1 is 1.03 bits per heavy atom. The van der Waals surface area contributed by atoms with Gasteiger partial charge < -0.3 is 9.84 Å². The van der Waals surface area contributed by atoms with Gasteiger partial charge in [-0.2, -0.15) is 4.68 Å². The molecule has 0 saturated carbocycles. The highest BCUT2D eigenvalue weighted by atomic mass is 32.2. The molecule has 0 bridgehead atoms. The van der Waals surface area contributed by atoms with Crippen LogP contribution in [0.1, 0.15) is 5.69 Å². The van der Waals surface area contributed by atoms with Gasteiger partial charge in [0.05, 0.1) is 17.5 Å². The van der Waals surface area contributed by atoms with E-state index in [1.165, 1.54) is 16.4 Å². The van der Waals surface area contributed by atoms with E-state index in [9.17, 15) is 9.90 Å². The van der Waals surface area contributed by atoms with Gasteiger partial charge >= 0.3 is 0 Å². The smallest absolute Gasteiger partial charge is 0.297 e. The minimum Gasteiger partial charge on any atom is -0.491 e. The minimum atomic E-state index is -0.755. The van der Waals surface area contributed by atoms with Gasteiger partial charge in [-0.25, -0.2) is 4.68 Å². The van der Waals surface area contributed by atoms with Crippen LogP contribution in [0, 0.1) is 6.92 Å². The number of hydrogen-bond acceptors (Lipinski definition) is 7. The van der Waals surface area contributed by atoms with Crippen molar-refractivity contribution in [3.8, 4) is 17.1 Å². The van der Waals surface area contributed by atoms with Crippen LogP contribution >= 0.6 is 11.8 Å². The van der Waals surface area contributed by atoms with E-state index in [-0.39, 0.29) is 12.2 Å². The first kappa shape index (κ1) is 22.9. The lowest BCUT2D eigenvalue weighted by molar-refractivity contribution is 0.126. The van der Waals surface area contributed by atoms with Gasteiger partial charge in [0.1, 0.15) is 12.4 Å². The van der Waals surface area contributed by atoms with Crippen LogP contribution in [-0.2, 0) is 7.05 Å². The molecule has 10 heteroatoms. The molecule has 2 aromatic heterocycles. The topological polar surface area (TPSA) is 100.0 Å². The summed E-state index contributed by atoms with van der Waals surface area (Å²) in [6.07, 6.45) is -0.755. The predicted molar refractivity (Wildman–Crippen MR) is 135 cm³/mol. The Hall–Kier alpha value is -3.89. The van der Waals surface area contributed by atoms with Gasteiger partial charge in [0.15, 0.2) is 5.69 Å². The number of rotatable bonds is 8. The number of nitrogens with zero attached hydrogens (tertiary/aromatic N) is 6. The maximum atomic E-state index is 13.3. The van der Waals surface area contributed by atoms with Crippen LogP contribution in [0.3, 0.4) is 0 Å². The average molecular weight is 489 g/mol. The molecule has 1 atom stereocenters. The summed E-state index contributed by atoms with van der Waals surface area (Å²) in [7, 11) is 1.82. The van der Waals surface area contributed by atoms with Gasteiger partial charge in [0, 0.05) is 12.8 Å². The highest BCUT2D eigenvalue weighted by Crippen LogP contribution is 2.23. The fourth-order valence-corrected chi connectivity index (χ4v) is 4.66. The fraction of sp³-hybridized carbons (Fsp3) is 0.200.